The van der Waals surface area contributed by atoms with E-state index in [1.165, 1.54) is 13.2 Å². The van der Waals surface area contributed by atoms with Gasteiger partial charge in [0.25, 0.3) is 5.69 Å². The van der Waals surface area contributed by atoms with Gasteiger partial charge in [0.15, 0.2) is 0 Å². The predicted molar refractivity (Wildman–Crippen MR) is 80.7 cm³/mol. The van der Waals surface area contributed by atoms with Gasteiger partial charge in [-0.2, -0.15) is 0 Å². The van der Waals surface area contributed by atoms with Crippen molar-refractivity contribution in [3.63, 3.8) is 0 Å². The Hall–Kier alpha value is -0.750. The molecular weight excluding hydrogens is 339 g/mol. The van der Waals surface area contributed by atoms with Crippen molar-refractivity contribution in [2.24, 2.45) is 0 Å². The Kier molecular flexibility index (Phi) is 8.97. The van der Waals surface area contributed by atoms with Gasteiger partial charge in [0.2, 0.25) is 0 Å². The molecule has 0 heterocycles. The van der Waals surface area contributed by atoms with Crippen molar-refractivity contribution >= 4 is 28.9 Å². The lowest BCUT2D eigenvalue weighted by atomic mass is 10.1. The third-order valence-electron chi connectivity index (χ3n) is 3.28. The van der Waals surface area contributed by atoms with Gasteiger partial charge in [-0.25, -0.2) is 0 Å². The Morgan fingerprint density at radius 1 is 1.29 bits per heavy atom. The number of benzene rings is 1. The molecule has 0 atom stereocenters. The van der Waals surface area contributed by atoms with Gasteiger partial charge in [0.1, 0.15) is 12.3 Å². The summed E-state index contributed by atoms with van der Waals surface area (Å²) in [6.07, 6.45) is 0. The molecule has 1 rings (SSSR count). The first-order valence-corrected chi connectivity index (χ1v) is 7.29. The van der Waals surface area contributed by atoms with Crippen LogP contribution in [-0.4, -0.2) is 48.4 Å². The van der Waals surface area contributed by atoms with E-state index in [-0.39, 0.29) is 23.0 Å². The number of ether oxygens (including phenoxy) is 1. The van der Waals surface area contributed by atoms with Gasteiger partial charge in [0.05, 0.1) is 49.5 Å². The second kappa shape index (κ2) is 9.30. The summed E-state index contributed by atoms with van der Waals surface area (Å²) >= 11 is 11.7. The standard InChI is InChI=1S/C13H19Cl2N2O3.ClH/c1-17(7-5-14,8-6-15)10-11-9-12(20-2)3-4-13(11)16(18)19;/h3-4,9H,5-8,10H2,1-2H3;1H/q+1;/p-1. The fourth-order valence-electron chi connectivity index (χ4n) is 2.08. The van der Waals surface area contributed by atoms with Crippen molar-refractivity contribution in [2.45, 2.75) is 6.54 Å². The van der Waals surface area contributed by atoms with E-state index in [0.29, 0.717) is 47.2 Å². The fourth-order valence-corrected chi connectivity index (χ4v) is 2.90. The van der Waals surface area contributed by atoms with Crippen LogP contribution in [0.4, 0.5) is 5.69 Å². The number of rotatable bonds is 8. The van der Waals surface area contributed by atoms with Gasteiger partial charge in [-0.15, -0.1) is 23.2 Å². The van der Waals surface area contributed by atoms with E-state index in [1.807, 2.05) is 7.05 Å². The van der Waals surface area contributed by atoms with E-state index in [1.54, 1.807) is 12.1 Å². The number of nitro groups is 1. The minimum absolute atomic E-state index is 0. The molecule has 0 amide bonds. The molecule has 0 bridgehead atoms. The highest BCUT2D eigenvalue weighted by Gasteiger charge is 2.26. The molecule has 0 aromatic heterocycles. The summed E-state index contributed by atoms with van der Waals surface area (Å²) < 4.78 is 5.70. The first-order chi connectivity index (χ1) is 9.45. The molecule has 8 heteroatoms. The molecule has 0 spiro atoms. The van der Waals surface area contributed by atoms with Gasteiger partial charge in [-0.3, -0.25) is 10.1 Å². The van der Waals surface area contributed by atoms with Crippen LogP contribution >= 0.6 is 23.2 Å². The van der Waals surface area contributed by atoms with E-state index >= 15 is 0 Å². The van der Waals surface area contributed by atoms with Crippen molar-refractivity contribution in [2.75, 3.05) is 39.0 Å². The average molecular weight is 358 g/mol. The molecule has 0 saturated heterocycles. The summed E-state index contributed by atoms with van der Waals surface area (Å²) in [6, 6.07) is 4.77. The number of hydrogen-bond acceptors (Lipinski definition) is 3. The maximum absolute atomic E-state index is 11.1. The number of quaternary nitrogens is 1. The fraction of sp³-hybridized carbons (Fsp3) is 0.538. The lowest BCUT2D eigenvalue weighted by molar-refractivity contribution is -0.918. The zero-order chi connectivity index (χ0) is 15.2. The van der Waals surface area contributed by atoms with Crippen LogP contribution in [-0.2, 0) is 6.54 Å². The summed E-state index contributed by atoms with van der Waals surface area (Å²) in [7, 11) is 3.53. The zero-order valence-electron chi connectivity index (χ0n) is 12.0. The number of methoxy groups -OCH3 is 1. The highest BCUT2D eigenvalue weighted by molar-refractivity contribution is 6.18. The van der Waals surface area contributed by atoms with Crippen molar-refractivity contribution in [1.82, 2.24) is 0 Å². The Labute approximate surface area is 140 Å². The van der Waals surface area contributed by atoms with Crippen LogP contribution in [0.1, 0.15) is 5.56 Å². The van der Waals surface area contributed by atoms with Gasteiger partial charge >= 0.3 is 0 Å². The monoisotopic (exact) mass is 356 g/mol. The second-order valence-corrected chi connectivity index (χ2v) is 5.61. The van der Waals surface area contributed by atoms with Crippen LogP contribution in [0, 0.1) is 10.1 Å². The Bertz CT molecular complexity index is 466. The van der Waals surface area contributed by atoms with E-state index < -0.39 is 0 Å². The SMILES string of the molecule is COc1ccc([N+](=O)[O-])c(C[N+](C)(CCCl)CCCl)c1.[Cl-]. The normalized spacial score (nSPS) is 10.9. The third-order valence-corrected chi connectivity index (χ3v) is 3.62. The summed E-state index contributed by atoms with van der Waals surface area (Å²) in [5.74, 6) is 1.56. The highest BCUT2D eigenvalue weighted by Crippen LogP contribution is 2.27. The first kappa shape index (κ1) is 20.2. The third kappa shape index (κ3) is 5.87. The highest BCUT2D eigenvalue weighted by atomic mass is 35.5. The summed E-state index contributed by atoms with van der Waals surface area (Å²) in [5, 5.41) is 11.1. The summed E-state index contributed by atoms with van der Waals surface area (Å²) in [4.78, 5) is 10.8. The molecule has 1 aromatic rings. The molecule has 0 unspecified atom stereocenters. The van der Waals surface area contributed by atoms with E-state index in [2.05, 4.69) is 0 Å². The quantitative estimate of drug-likeness (QED) is 0.285. The topological polar surface area (TPSA) is 52.4 Å². The number of hydrogen-bond donors (Lipinski definition) is 0. The molecular formula is C13H19Cl3N2O3. The average Bonchev–Trinajstić information content (AvgIpc) is 2.38. The maximum Gasteiger partial charge on any atom is 0.278 e. The van der Waals surface area contributed by atoms with E-state index in [9.17, 15) is 10.1 Å². The number of alkyl halides is 2. The van der Waals surface area contributed by atoms with Crippen LogP contribution in [0.25, 0.3) is 0 Å². The van der Waals surface area contributed by atoms with Crippen molar-refractivity contribution in [3.8, 4) is 5.75 Å². The Morgan fingerprint density at radius 2 is 1.86 bits per heavy atom. The lowest BCUT2D eigenvalue weighted by Gasteiger charge is -2.33. The molecule has 0 aliphatic heterocycles. The Balaban J connectivity index is 0.00000400. The molecule has 0 saturated carbocycles. The molecule has 0 N–H and O–H groups in total. The van der Waals surface area contributed by atoms with Crippen molar-refractivity contribution in [3.05, 3.63) is 33.9 Å². The summed E-state index contributed by atoms with van der Waals surface area (Å²) in [5.41, 5.74) is 0.728. The molecule has 120 valence electrons. The molecule has 21 heavy (non-hydrogen) atoms. The van der Waals surface area contributed by atoms with E-state index in [4.69, 9.17) is 27.9 Å². The molecule has 1 aromatic carbocycles. The molecule has 0 aliphatic rings. The van der Waals surface area contributed by atoms with Gasteiger partial charge < -0.3 is 21.6 Å². The van der Waals surface area contributed by atoms with Crippen LogP contribution in [0.5, 0.6) is 5.75 Å². The van der Waals surface area contributed by atoms with Crippen LogP contribution in [0.3, 0.4) is 0 Å². The molecule has 5 nitrogen and oxygen atoms in total. The second-order valence-electron chi connectivity index (χ2n) is 4.85. The molecule has 0 radical (unpaired) electrons. The van der Waals surface area contributed by atoms with Crippen LogP contribution in [0.15, 0.2) is 18.2 Å². The lowest BCUT2D eigenvalue weighted by Crippen LogP contribution is -3.00. The van der Waals surface area contributed by atoms with Crippen molar-refractivity contribution in [1.29, 1.82) is 0 Å². The smallest absolute Gasteiger partial charge is 0.278 e. The first-order valence-electron chi connectivity index (χ1n) is 6.22. The predicted octanol–water partition coefficient (Wildman–Crippen LogP) is 0.0316. The van der Waals surface area contributed by atoms with Crippen LogP contribution in [0.2, 0.25) is 0 Å². The zero-order valence-corrected chi connectivity index (χ0v) is 14.3. The van der Waals surface area contributed by atoms with Gasteiger partial charge in [-0.1, -0.05) is 0 Å². The van der Waals surface area contributed by atoms with Crippen LogP contribution < -0.4 is 17.1 Å². The molecule has 0 fully saturated rings. The van der Waals surface area contributed by atoms with Crippen molar-refractivity contribution < 1.29 is 26.6 Å². The minimum Gasteiger partial charge on any atom is -1.00 e. The van der Waals surface area contributed by atoms with Gasteiger partial charge in [-0.05, 0) is 12.1 Å². The number of halogens is 3. The Morgan fingerprint density at radius 3 is 2.29 bits per heavy atom. The summed E-state index contributed by atoms with van der Waals surface area (Å²) in [6.45, 7) is 1.89. The minimum atomic E-state index is -0.374. The van der Waals surface area contributed by atoms with E-state index in [0.717, 1.165) is 0 Å². The molecule has 0 aliphatic carbocycles. The van der Waals surface area contributed by atoms with Gasteiger partial charge in [0, 0.05) is 6.07 Å². The maximum atomic E-state index is 11.1. The number of nitrogens with zero attached hydrogens (tertiary/aromatic N) is 2. The largest absolute Gasteiger partial charge is 1.00 e. The number of nitro benzene ring substituents is 1.